The Bertz CT molecular complexity index is 715. The SMILES string of the molecule is COc1cc(C=Cc2cc(F)cc(O)c2O)cc(OC)c1OC. The number of methoxy groups -OCH3 is 3. The minimum absolute atomic E-state index is 0.149. The second-order valence-electron chi connectivity index (χ2n) is 4.65. The van der Waals surface area contributed by atoms with Crippen molar-refractivity contribution in [3.8, 4) is 28.7 Å². The Hall–Kier alpha value is -2.89. The molecule has 0 aliphatic rings. The molecule has 6 heteroatoms. The molecule has 0 aliphatic carbocycles. The first-order valence-electron chi connectivity index (χ1n) is 6.69. The summed E-state index contributed by atoms with van der Waals surface area (Å²) < 4.78 is 29.0. The Balaban J connectivity index is 2.44. The summed E-state index contributed by atoms with van der Waals surface area (Å²) in [5, 5.41) is 19.2. The van der Waals surface area contributed by atoms with Crippen molar-refractivity contribution in [3.63, 3.8) is 0 Å². The maximum absolute atomic E-state index is 13.3. The predicted molar refractivity (Wildman–Crippen MR) is 84.8 cm³/mol. The van der Waals surface area contributed by atoms with Crippen LogP contribution in [0.4, 0.5) is 4.39 Å². The van der Waals surface area contributed by atoms with E-state index in [1.54, 1.807) is 18.2 Å². The highest BCUT2D eigenvalue weighted by Crippen LogP contribution is 2.39. The number of rotatable bonds is 5. The van der Waals surface area contributed by atoms with E-state index >= 15 is 0 Å². The van der Waals surface area contributed by atoms with Crippen LogP contribution in [0.3, 0.4) is 0 Å². The highest BCUT2D eigenvalue weighted by Gasteiger charge is 2.12. The van der Waals surface area contributed by atoms with Crippen LogP contribution in [0.2, 0.25) is 0 Å². The number of halogens is 1. The van der Waals surface area contributed by atoms with E-state index in [2.05, 4.69) is 0 Å². The van der Waals surface area contributed by atoms with Crippen LogP contribution in [0, 0.1) is 5.82 Å². The molecule has 2 rings (SSSR count). The molecule has 0 atom stereocenters. The third-order valence-corrected chi connectivity index (χ3v) is 3.23. The molecule has 0 radical (unpaired) electrons. The average molecular weight is 320 g/mol. The van der Waals surface area contributed by atoms with E-state index in [1.807, 2.05) is 0 Å². The number of benzene rings is 2. The van der Waals surface area contributed by atoms with Gasteiger partial charge in [-0.25, -0.2) is 4.39 Å². The Morgan fingerprint density at radius 3 is 2.00 bits per heavy atom. The summed E-state index contributed by atoms with van der Waals surface area (Å²) in [4.78, 5) is 0. The molecule has 0 heterocycles. The van der Waals surface area contributed by atoms with Gasteiger partial charge < -0.3 is 24.4 Å². The lowest BCUT2D eigenvalue weighted by molar-refractivity contribution is 0.324. The molecule has 0 fully saturated rings. The van der Waals surface area contributed by atoms with Crippen LogP contribution in [0.5, 0.6) is 28.7 Å². The molecule has 2 aromatic rings. The summed E-state index contributed by atoms with van der Waals surface area (Å²) >= 11 is 0. The normalized spacial score (nSPS) is 10.8. The highest BCUT2D eigenvalue weighted by atomic mass is 19.1. The van der Waals surface area contributed by atoms with Gasteiger partial charge in [0.15, 0.2) is 23.0 Å². The van der Waals surface area contributed by atoms with Crippen LogP contribution >= 0.6 is 0 Å². The molecule has 5 nitrogen and oxygen atoms in total. The zero-order valence-electron chi connectivity index (χ0n) is 13.0. The first-order valence-corrected chi connectivity index (χ1v) is 6.69. The van der Waals surface area contributed by atoms with Gasteiger partial charge in [-0.05, 0) is 23.8 Å². The summed E-state index contributed by atoms with van der Waals surface area (Å²) in [5.41, 5.74) is 0.832. The number of hydrogen-bond donors (Lipinski definition) is 2. The van der Waals surface area contributed by atoms with Gasteiger partial charge in [-0.2, -0.15) is 0 Å². The molecule has 0 unspecified atom stereocenters. The monoisotopic (exact) mass is 320 g/mol. The van der Waals surface area contributed by atoms with Gasteiger partial charge in [-0.3, -0.25) is 0 Å². The van der Waals surface area contributed by atoms with E-state index in [0.717, 1.165) is 12.1 Å². The Morgan fingerprint density at radius 2 is 1.48 bits per heavy atom. The van der Waals surface area contributed by atoms with E-state index < -0.39 is 17.3 Å². The predicted octanol–water partition coefficient (Wildman–Crippen LogP) is 3.43. The lowest BCUT2D eigenvalue weighted by Gasteiger charge is -2.12. The number of ether oxygens (including phenoxy) is 3. The lowest BCUT2D eigenvalue weighted by Crippen LogP contribution is -1.95. The Kier molecular flexibility index (Phi) is 4.95. The Labute approximate surface area is 133 Å². The van der Waals surface area contributed by atoms with E-state index in [1.165, 1.54) is 27.4 Å². The minimum Gasteiger partial charge on any atom is -0.504 e. The summed E-state index contributed by atoms with van der Waals surface area (Å²) in [5.74, 6) is -0.163. The molecule has 0 saturated carbocycles. The first-order chi connectivity index (χ1) is 11.0. The van der Waals surface area contributed by atoms with Crippen LogP contribution in [0.25, 0.3) is 12.2 Å². The quantitative estimate of drug-likeness (QED) is 0.652. The Morgan fingerprint density at radius 1 is 0.870 bits per heavy atom. The topological polar surface area (TPSA) is 68.2 Å². The first kappa shape index (κ1) is 16.5. The van der Waals surface area contributed by atoms with Crippen LogP contribution < -0.4 is 14.2 Å². The van der Waals surface area contributed by atoms with Gasteiger partial charge in [0.25, 0.3) is 0 Å². The van der Waals surface area contributed by atoms with E-state index in [4.69, 9.17) is 14.2 Å². The van der Waals surface area contributed by atoms with Crippen molar-refractivity contribution in [2.75, 3.05) is 21.3 Å². The number of hydrogen-bond acceptors (Lipinski definition) is 5. The van der Waals surface area contributed by atoms with Gasteiger partial charge in [-0.1, -0.05) is 12.2 Å². The molecule has 0 saturated heterocycles. The van der Waals surface area contributed by atoms with E-state index in [9.17, 15) is 14.6 Å². The van der Waals surface area contributed by atoms with Crippen molar-refractivity contribution in [3.05, 3.63) is 41.2 Å². The summed E-state index contributed by atoms with van der Waals surface area (Å²) in [7, 11) is 4.51. The smallest absolute Gasteiger partial charge is 0.203 e. The van der Waals surface area contributed by atoms with Gasteiger partial charge >= 0.3 is 0 Å². The standard InChI is InChI=1S/C17H17FO5/c1-21-14-6-10(7-15(22-2)17(14)23-3)4-5-11-8-12(18)9-13(19)16(11)20/h4-9,19-20H,1-3H3. The number of phenolic OH excluding ortho intramolecular Hbond substituents is 2. The summed E-state index contributed by atoms with van der Waals surface area (Å²) in [6.07, 6.45) is 3.09. The van der Waals surface area contributed by atoms with Gasteiger partial charge in [0.1, 0.15) is 5.82 Å². The van der Waals surface area contributed by atoms with E-state index in [0.29, 0.717) is 22.8 Å². The van der Waals surface area contributed by atoms with Crippen LogP contribution in [-0.2, 0) is 0 Å². The van der Waals surface area contributed by atoms with Gasteiger partial charge in [-0.15, -0.1) is 0 Å². The molecular formula is C17H17FO5. The second kappa shape index (κ2) is 6.91. The lowest BCUT2D eigenvalue weighted by atomic mass is 10.1. The maximum Gasteiger partial charge on any atom is 0.203 e. The van der Waals surface area contributed by atoms with Crippen molar-refractivity contribution >= 4 is 12.2 Å². The van der Waals surface area contributed by atoms with Crippen LogP contribution in [0.1, 0.15) is 11.1 Å². The molecule has 2 N–H and O–H groups in total. The molecule has 23 heavy (non-hydrogen) atoms. The molecule has 0 amide bonds. The molecule has 0 aromatic heterocycles. The summed E-state index contributed by atoms with van der Waals surface area (Å²) in [6, 6.07) is 5.36. The summed E-state index contributed by atoms with van der Waals surface area (Å²) in [6.45, 7) is 0. The maximum atomic E-state index is 13.3. The molecule has 2 aromatic carbocycles. The molecular weight excluding hydrogens is 303 g/mol. The van der Waals surface area contributed by atoms with Gasteiger partial charge in [0.2, 0.25) is 5.75 Å². The van der Waals surface area contributed by atoms with Crippen molar-refractivity contribution in [2.24, 2.45) is 0 Å². The van der Waals surface area contributed by atoms with E-state index in [-0.39, 0.29) is 5.56 Å². The minimum atomic E-state index is -0.648. The number of phenols is 2. The van der Waals surface area contributed by atoms with Gasteiger partial charge in [0, 0.05) is 11.6 Å². The highest BCUT2D eigenvalue weighted by molar-refractivity contribution is 5.76. The van der Waals surface area contributed by atoms with Crippen molar-refractivity contribution in [1.82, 2.24) is 0 Å². The van der Waals surface area contributed by atoms with Crippen molar-refractivity contribution < 1.29 is 28.8 Å². The van der Waals surface area contributed by atoms with Crippen LogP contribution in [0.15, 0.2) is 24.3 Å². The second-order valence-corrected chi connectivity index (χ2v) is 4.65. The zero-order valence-corrected chi connectivity index (χ0v) is 13.0. The molecule has 0 spiro atoms. The van der Waals surface area contributed by atoms with Crippen molar-refractivity contribution in [1.29, 1.82) is 0 Å². The fourth-order valence-electron chi connectivity index (χ4n) is 2.12. The average Bonchev–Trinajstić information content (AvgIpc) is 2.55. The molecule has 122 valence electrons. The molecule has 0 aliphatic heterocycles. The fourth-order valence-corrected chi connectivity index (χ4v) is 2.12. The largest absolute Gasteiger partial charge is 0.504 e. The third kappa shape index (κ3) is 3.48. The molecule has 0 bridgehead atoms. The fraction of sp³-hybridized carbons (Fsp3) is 0.176. The number of aromatic hydroxyl groups is 2. The van der Waals surface area contributed by atoms with Crippen LogP contribution in [-0.4, -0.2) is 31.5 Å². The third-order valence-electron chi connectivity index (χ3n) is 3.23. The zero-order chi connectivity index (χ0) is 17.0. The van der Waals surface area contributed by atoms with Gasteiger partial charge in [0.05, 0.1) is 21.3 Å². The van der Waals surface area contributed by atoms with Crippen molar-refractivity contribution in [2.45, 2.75) is 0 Å².